The highest BCUT2D eigenvalue weighted by atomic mass is 35.5. The molecule has 1 amide bonds. The SMILES string of the molecule is CC(C)(C)ON(C=O)C(CO)Cc1cccc(Cl)c1. The van der Waals surface area contributed by atoms with E-state index in [0.29, 0.717) is 17.9 Å². The molecule has 0 radical (unpaired) electrons. The molecule has 0 aliphatic heterocycles. The predicted octanol–water partition coefficient (Wildman–Crippen LogP) is 2.43. The van der Waals surface area contributed by atoms with Gasteiger partial charge < -0.3 is 5.11 Å². The smallest absolute Gasteiger partial charge is 0.233 e. The molecule has 1 aromatic carbocycles. The fraction of sp³-hybridized carbons (Fsp3) is 0.500. The third-order valence-corrected chi connectivity index (χ3v) is 2.65. The van der Waals surface area contributed by atoms with Crippen molar-refractivity contribution in [2.24, 2.45) is 0 Å². The van der Waals surface area contributed by atoms with E-state index in [9.17, 15) is 9.90 Å². The molecular formula is C14H20ClNO3. The number of benzene rings is 1. The van der Waals surface area contributed by atoms with E-state index in [1.165, 1.54) is 5.06 Å². The van der Waals surface area contributed by atoms with Crippen LogP contribution in [-0.4, -0.2) is 34.8 Å². The molecule has 106 valence electrons. The minimum atomic E-state index is -0.497. The van der Waals surface area contributed by atoms with Gasteiger partial charge in [0.1, 0.15) is 0 Å². The van der Waals surface area contributed by atoms with Gasteiger partial charge in [-0.1, -0.05) is 23.7 Å². The predicted molar refractivity (Wildman–Crippen MR) is 74.8 cm³/mol. The summed E-state index contributed by atoms with van der Waals surface area (Å²) < 4.78 is 0. The minimum absolute atomic E-state index is 0.179. The van der Waals surface area contributed by atoms with Gasteiger partial charge in [0.15, 0.2) is 0 Å². The summed E-state index contributed by atoms with van der Waals surface area (Å²) in [6.07, 6.45) is 1.07. The monoisotopic (exact) mass is 285 g/mol. The highest BCUT2D eigenvalue weighted by Crippen LogP contribution is 2.17. The average Bonchev–Trinajstić information content (AvgIpc) is 2.32. The number of hydrogen-bond donors (Lipinski definition) is 1. The van der Waals surface area contributed by atoms with Gasteiger partial charge >= 0.3 is 0 Å². The van der Waals surface area contributed by atoms with Gasteiger partial charge in [-0.25, -0.2) is 5.06 Å². The van der Waals surface area contributed by atoms with Crippen molar-refractivity contribution in [1.29, 1.82) is 0 Å². The standard InChI is InChI=1S/C14H20ClNO3/c1-14(2,3)19-16(10-18)13(9-17)8-11-5-4-6-12(15)7-11/h4-7,10,13,17H,8-9H2,1-3H3. The molecular weight excluding hydrogens is 266 g/mol. The van der Waals surface area contributed by atoms with Crippen molar-refractivity contribution in [2.45, 2.75) is 38.8 Å². The first-order chi connectivity index (χ1) is 8.85. The second kappa shape index (κ2) is 6.89. The topological polar surface area (TPSA) is 49.8 Å². The Morgan fingerprint density at radius 3 is 2.63 bits per heavy atom. The highest BCUT2D eigenvalue weighted by molar-refractivity contribution is 6.30. The number of aliphatic hydroxyl groups excluding tert-OH is 1. The summed E-state index contributed by atoms with van der Waals surface area (Å²) in [6.45, 7) is 5.35. The van der Waals surface area contributed by atoms with Crippen LogP contribution in [0.15, 0.2) is 24.3 Å². The molecule has 0 heterocycles. The lowest BCUT2D eigenvalue weighted by molar-refractivity contribution is -0.235. The summed E-state index contributed by atoms with van der Waals surface area (Å²) in [4.78, 5) is 16.6. The van der Waals surface area contributed by atoms with Crippen molar-refractivity contribution in [2.75, 3.05) is 6.61 Å². The van der Waals surface area contributed by atoms with Gasteiger partial charge in [-0.3, -0.25) is 9.63 Å². The number of nitrogens with zero attached hydrogens (tertiary/aromatic N) is 1. The summed E-state index contributed by atoms with van der Waals surface area (Å²) in [5.41, 5.74) is 0.443. The Labute approximate surface area is 118 Å². The Balaban J connectivity index is 2.78. The first-order valence-electron chi connectivity index (χ1n) is 6.14. The van der Waals surface area contributed by atoms with E-state index in [4.69, 9.17) is 16.4 Å². The molecule has 19 heavy (non-hydrogen) atoms. The molecule has 1 atom stereocenters. The summed E-state index contributed by atoms with van der Waals surface area (Å²) in [5, 5.41) is 11.2. The van der Waals surface area contributed by atoms with Crippen LogP contribution in [0, 0.1) is 0 Å². The van der Waals surface area contributed by atoms with Crippen LogP contribution in [0.5, 0.6) is 0 Å². The molecule has 1 rings (SSSR count). The zero-order chi connectivity index (χ0) is 14.5. The maximum absolute atomic E-state index is 11.1. The first kappa shape index (κ1) is 16.0. The van der Waals surface area contributed by atoms with Gasteiger partial charge in [-0.05, 0) is 44.9 Å². The van der Waals surface area contributed by atoms with Gasteiger partial charge in [-0.2, -0.15) is 0 Å². The van der Waals surface area contributed by atoms with E-state index < -0.39 is 11.6 Å². The number of hydroxylamine groups is 2. The van der Waals surface area contributed by atoms with Gasteiger partial charge in [0.2, 0.25) is 6.41 Å². The molecule has 0 saturated heterocycles. The zero-order valence-electron chi connectivity index (χ0n) is 11.5. The molecule has 0 fully saturated rings. The van der Waals surface area contributed by atoms with E-state index in [1.807, 2.05) is 39.0 Å². The van der Waals surface area contributed by atoms with E-state index >= 15 is 0 Å². The second-order valence-corrected chi connectivity index (χ2v) is 5.78. The van der Waals surface area contributed by atoms with Gasteiger partial charge in [0, 0.05) is 5.02 Å². The van der Waals surface area contributed by atoms with Crippen molar-refractivity contribution < 1.29 is 14.7 Å². The summed E-state index contributed by atoms with van der Waals surface area (Å²) in [5.74, 6) is 0. The fourth-order valence-electron chi connectivity index (χ4n) is 1.67. The van der Waals surface area contributed by atoms with E-state index in [-0.39, 0.29) is 6.61 Å². The third-order valence-electron chi connectivity index (χ3n) is 2.41. The maximum atomic E-state index is 11.1. The molecule has 5 heteroatoms. The Bertz CT molecular complexity index is 417. The number of rotatable bonds is 6. The van der Waals surface area contributed by atoms with Crippen LogP contribution >= 0.6 is 11.6 Å². The Kier molecular flexibility index (Phi) is 5.79. The van der Waals surface area contributed by atoms with Crippen LogP contribution in [0.3, 0.4) is 0 Å². The molecule has 0 aromatic heterocycles. The van der Waals surface area contributed by atoms with Crippen molar-refractivity contribution in [3.63, 3.8) is 0 Å². The van der Waals surface area contributed by atoms with E-state index in [1.54, 1.807) is 6.07 Å². The maximum Gasteiger partial charge on any atom is 0.233 e. The Hall–Kier alpha value is -1.10. The average molecular weight is 286 g/mol. The van der Waals surface area contributed by atoms with Gasteiger partial charge in [0.25, 0.3) is 0 Å². The van der Waals surface area contributed by atoms with Crippen LogP contribution in [0.25, 0.3) is 0 Å². The number of carbonyl (C=O) groups excluding carboxylic acids is 1. The quantitative estimate of drug-likeness (QED) is 0.645. The molecule has 1 N–H and O–H groups in total. The van der Waals surface area contributed by atoms with Crippen LogP contribution in [0.2, 0.25) is 5.02 Å². The lowest BCUT2D eigenvalue weighted by atomic mass is 10.1. The lowest BCUT2D eigenvalue weighted by Crippen LogP contribution is -2.43. The number of aliphatic hydroxyl groups is 1. The first-order valence-corrected chi connectivity index (χ1v) is 6.51. The van der Waals surface area contributed by atoms with Crippen molar-refractivity contribution in [3.05, 3.63) is 34.9 Å². The van der Waals surface area contributed by atoms with Crippen molar-refractivity contribution in [3.8, 4) is 0 Å². The van der Waals surface area contributed by atoms with Gasteiger partial charge in [0.05, 0.1) is 18.2 Å². The third kappa shape index (κ3) is 5.59. The van der Waals surface area contributed by atoms with Crippen molar-refractivity contribution in [1.82, 2.24) is 5.06 Å². The molecule has 1 unspecified atom stereocenters. The molecule has 0 aliphatic rings. The van der Waals surface area contributed by atoms with Crippen LogP contribution in [0.1, 0.15) is 26.3 Å². The zero-order valence-corrected chi connectivity index (χ0v) is 12.2. The van der Waals surface area contributed by atoms with Crippen LogP contribution in [-0.2, 0) is 16.1 Å². The van der Waals surface area contributed by atoms with E-state index in [2.05, 4.69) is 0 Å². The molecule has 0 bridgehead atoms. The highest BCUT2D eigenvalue weighted by Gasteiger charge is 2.23. The summed E-state index contributed by atoms with van der Waals surface area (Å²) in [7, 11) is 0. The minimum Gasteiger partial charge on any atom is -0.394 e. The fourth-order valence-corrected chi connectivity index (χ4v) is 1.88. The number of carbonyl (C=O) groups is 1. The normalized spacial score (nSPS) is 13.1. The lowest BCUT2D eigenvalue weighted by Gasteiger charge is -2.32. The molecule has 0 aliphatic carbocycles. The Morgan fingerprint density at radius 2 is 2.16 bits per heavy atom. The van der Waals surface area contributed by atoms with E-state index in [0.717, 1.165) is 5.56 Å². The van der Waals surface area contributed by atoms with Gasteiger partial charge in [-0.15, -0.1) is 0 Å². The molecule has 4 nitrogen and oxygen atoms in total. The number of halogens is 1. The summed E-state index contributed by atoms with van der Waals surface area (Å²) in [6, 6.07) is 6.89. The molecule has 1 aromatic rings. The number of amides is 1. The van der Waals surface area contributed by atoms with Crippen molar-refractivity contribution >= 4 is 18.0 Å². The number of hydrogen-bond acceptors (Lipinski definition) is 3. The van der Waals surface area contributed by atoms with Crippen LogP contribution < -0.4 is 0 Å². The largest absolute Gasteiger partial charge is 0.394 e. The van der Waals surface area contributed by atoms with Crippen LogP contribution in [0.4, 0.5) is 0 Å². The molecule has 0 saturated carbocycles. The Morgan fingerprint density at radius 1 is 1.47 bits per heavy atom. The molecule has 0 spiro atoms. The second-order valence-electron chi connectivity index (χ2n) is 5.34. The summed E-state index contributed by atoms with van der Waals surface area (Å²) >= 11 is 5.91.